The van der Waals surface area contributed by atoms with Crippen molar-refractivity contribution in [2.45, 2.75) is 77.7 Å². The molecule has 0 amide bonds. The summed E-state index contributed by atoms with van der Waals surface area (Å²) >= 11 is 0. The average Bonchev–Trinajstić information content (AvgIpc) is 2.75. The molecule has 5 heteroatoms. The molecule has 0 fully saturated rings. The maximum Gasteiger partial charge on any atom is 0.308 e. The van der Waals surface area contributed by atoms with Crippen molar-refractivity contribution in [3.8, 4) is 5.75 Å². The zero-order valence-corrected chi connectivity index (χ0v) is 18.3. The van der Waals surface area contributed by atoms with Gasteiger partial charge in [-0.25, -0.2) is 0 Å². The molecule has 0 saturated heterocycles. The molecule has 1 aromatic rings. The molecule has 0 aliphatic rings. The van der Waals surface area contributed by atoms with Gasteiger partial charge in [-0.1, -0.05) is 70.6 Å². The molecule has 166 valence electrons. The molecule has 0 bridgehead atoms. The van der Waals surface area contributed by atoms with Gasteiger partial charge in [-0.2, -0.15) is 0 Å². The third-order valence-corrected chi connectivity index (χ3v) is 4.94. The van der Waals surface area contributed by atoms with Gasteiger partial charge in [-0.3, -0.25) is 4.79 Å². The molecule has 2 unspecified atom stereocenters. The van der Waals surface area contributed by atoms with Crippen LogP contribution in [0.3, 0.4) is 0 Å². The zero-order chi connectivity index (χ0) is 21.2. The summed E-state index contributed by atoms with van der Waals surface area (Å²) in [4.78, 5) is 11.5. The molecule has 0 saturated carbocycles. The van der Waals surface area contributed by atoms with Crippen LogP contribution in [0.25, 0.3) is 0 Å². The minimum absolute atomic E-state index is 0.0135. The van der Waals surface area contributed by atoms with Gasteiger partial charge in [0.25, 0.3) is 0 Å². The number of unbranched alkanes of at least 4 members (excludes halogenated alkanes) is 7. The lowest BCUT2D eigenvalue weighted by molar-refractivity contribution is -0.152. The molecule has 1 N–H and O–H groups in total. The Bertz CT molecular complexity index is 505. The monoisotopic (exact) mass is 408 g/mol. The van der Waals surface area contributed by atoms with Crippen LogP contribution in [-0.2, 0) is 14.3 Å². The first kappa shape index (κ1) is 25.4. The van der Waals surface area contributed by atoms with E-state index in [1.165, 1.54) is 32.1 Å². The first-order chi connectivity index (χ1) is 14.1. The van der Waals surface area contributed by atoms with Gasteiger partial charge in [0.15, 0.2) is 0 Å². The van der Waals surface area contributed by atoms with Gasteiger partial charge in [0.05, 0.1) is 19.1 Å². The molecule has 29 heavy (non-hydrogen) atoms. The van der Waals surface area contributed by atoms with E-state index in [9.17, 15) is 9.90 Å². The van der Waals surface area contributed by atoms with E-state index in [4.69, 9.17) is 14.2 Å². The number of carbonyl (C=O) groups excluding carboxylic acids is 1. The predicted octanol–water partition coefficient (Wildman–Crippen LogP) is 5.15. The number of para-hydroxylation sites is 1. The zero-order valence-electron chi connectivity index (χ0n) is 18.3. The second-order valence-electron chi connectivity index (χ2n) is 7.66. The fourth-order valence-corrected chi connectivity index (χ4v) is 2.83. The van der Waals surface area contributed by atoms with E-state index in [1.54, 1.807) is 0 Å². The highest BCUT2D eigenvalue weighted by molar-refractivity contribution is 5.71. The summed E-state index contributed by atoms with van der Waals surface area (Å²) in [5, 5.41) is 9.77. The topological polar surface area (TPSA) is 65.0 Å². The fraction of sp³-hybridized carbons (Fsp3) is 0.708. The van der Waals surface area contributed by atoms with Crippen molar-refractivity contribution in [1.82, 2.24) is 0 Å². The molecule has 2 atom stereocenters. The number of hydrogen-bond donors (Lipinski definition) is 1. The standard InChI is InChI=1S/C24H40O5/c1-3-21(2)24(26)29-20-22(25)19-27-17-13-8-6-4-5-7-9-14-18-28-23-15-11-10-12-16-23/h10-12,15-16,21-22,25H,3-9,13-14,17-20H2,1-2H3. The van der Waals surface area contributed by atoms with Crippen LogP contribution in [-0.4, -0.2) is 43.6 Å². The number of ether oxygens (including phenoxy) is 3. The highest BCUT2D eigenvalue weighted by Crippen LogP contribution is 2.11. The van der Waals surface area contributed by atoms with Gasteiger partial charge < -0.3 is 19.3 Å². The lowest BCUT2D eigenvalue weighted by Crippen LogP contribution is -2.26. The number of hydrogen-bond acceptors (Lipinski definition) is 5. The second kappa shape index (κ2) is 17.3. The summed E-state index contributed by atoms with van der Waals surface area (Å²) in [6.07, 6.45) is 9.49. The van der Waals surface area contributed by atoms with E-state index < -0.39 is 6.10 Å². The van der Waals surface area contributed by atoms with Crippen molar-refractivity contribution < 1.29 is 24.1 Å². The number of rotatable bonds is 18. The van der Waals surface area contributed by atoms with Crippen LogP contribution < -0.4 is 4.74 Å². The van der Waals surface area contributed by atoms with Crippen LogP contribution in [0.5, 0.6) is 5.75 Å². The smallest absolute Gasteiger partial charge is 0.308 e. The van der Waals surface area contributed by atoms with Crippen LogP contribution in [0, 0.1) is 5.92 Å². The van der Waals surface area contributed by atoms with Crippen molar-refractivity contribution >= 4 is 5.97 Å². The molecule has 1 aromatic carbocycles. The summed E-state index contributed by atoms with van der Waals surface area (Å²) in [6.45, 7) is 5.44. The van der Waals surface area contributed by atoms with Crippen LogP contribution in [0.4, 0.5) is 0 Å². The molecule has 0 radical (unpaired) electrons. The first-order valence-corrected chi connectivity index (χ1v) is 11.2. The van der Waals surface area contributed by atoms with E-state index in [0.717, 1.165) is 38.0 Å². The Balaban J connectivity index is 1.80. The van der Waals surface area contributed by atoms with Gasteiger partial charge in [-0.05, 0) is 31.4 Å². The largest absolute Gasteiger partial charge is 0.494 e. The minimum atomic E-state index is -0.742. The van der Waals surface area contributed by atoms with E-state index in [-0.39, 0.29) is 25.1 Å². The molecule has 0 heterocycles. The summed E-state index contributed by atoms with van der Waals surface area (Å²) in [7, 11) is 0. The maximum atomic E-state index is 11.5. The lowest BCUT2D eigenvalue weighted by atomic mass is 10.1. The Morgan fingerprint density at radius 3 is 2.10 bits per heavy atom. The highest BCUT2D eigenvalue weighted by atomic mass is 16.5. The molecule has 0 spiro atoms. The van der Waals surface area contributed by atoms with Crippen LogP contribution in [0.2, 0.25) is 0 Å². The van der Waals surface area contributed by atoms with Crippen LogP contribution in [0.1, 0.15) is 71.6 Å². The normalized spacial score (nSPS) is 13.1. The molecule has 0 aromatic heterocycles. The third-order valence-electron chi connectivity index (χ3n) is 4.94. The van der Waals surface area contributed by atoms with Gasteiger partial charge in [0, 0.05) is 6.61 Å². The molecular weight excluding hydrogens is 368 g/mol. The first-order valence-electron chi connectivity index (χ1n) is 11.2. The SMILES string of the molecule is CCC(C)C(=O)OCC(O)COCCCCCCCCCCOc1ccccc1. The Hall–Kier alpha value is -1.59. The average molecular weight is 409 g/mol. The van der Waals surface area contributed by atoms with Gasteiger partial charge >= 0.3 is 5.97 Å². The second-order valence-corrected chi connectivity index (χ2v) is 7.66. The van der Waals surface area contributed by atoms with Gasteiger partial charge in [0.1, 0.15) is 18.5 Å². The highest BCUT2D eigenvalue weighted by Gasteiger charge is 2.14. The van der Waals surface area contributed by atoms with Crippen molar-refractivity contribution in [2.24, 2.45) is 5.92 Å². The fourth-order valence-electron chi connectivity index (χ4n) is 2.83. The van der Waals surface area contributed by atoms with Crippen LogP contribution in [0.15, 0.2) is 30.3 Å². The number of carbonyl (C=O) groups is 1. The predicted molar refractivity (Wildman–Crippen MR) is 116 cm³/mol. The number of aliphatic hydroxyl groups is 1. The minimum Gasteiger partial charge on any atom is -0.494 e. The Labute approximate surface area is 176 Å². The maximum absolute atomic E-state index is 11.5. The Morgan fingerprint density at radius 1 is 0.897 bits per heavy atom. The Kier molecular flexibility index (Phi) is 15.2. The molecule has 1 rings (SSSR count). The molecule has 0 aliphatic heterocycles. The molecule has 5 nitrogen and oxygen atoms in total. The lowest BCUT2D eigenvalue weighted by Gasteiger charge is -2.14. The number of esters is 1. The van der Waals surface area contributed by atoms with E-state index >= 15 is 0 Å². The van der Waals surface area contributed by atoms with Crippen molar-refractivity contribution in [2.75, 3.05) is 26.4 Å². The van der Waals surface area contributed by atoms with E-state index in [1.807, 2.05) is 44.2 Å². The van der Waals surface area contributed by atoms with Gasteiger partial charge in [0.2, 0.25) is 0 Å². The van der Waals surface area contributed by atoms with Crippen LogP contribution >= 0.6 is 0 Å². The quantitative estimate of drug-likeness (QED) is 0.269. The summed E-state index contributed by atoms with van der Waals surface area (Å²) in [5.41, 5.74) is 0. The summed E-state index contributed by atoms with van der Waals surface area (Å²) < 4.78 is 16.2. The number of benzene rings is 1. The van der Waals surface area contributed by atoms with E-state index in [0.29, 0.717) is 6.61 Å². The number of aliphatic hydroxyl groups excluding tert-OH is 1. The van der Waals surface area contributed by atoms with Crippen molar-refractivity contribution in [3.05, 3.63) is 30.3 Å². The molecular formula is C24H40O5. The van der Waals surface area contributed by atoms with E-state index in [2.05, 4.69) is 0 Å². The van der Waals surface area contributed by atoms with Crippen molar-refractivity contribution in [1.29, 1.82) is 0 Å². The Morgan fingerprint density at radius 2 is 1.48 bits per heavy atom. The molecule has 0 aliphatic carbocycles. The summed E-state index contributed by atoms with van der Waals surface area (Å²) in [5.74, 6) is 0.579. The summed E-state index contributed by atoms with van der Waals surface area (Å²) in [6, 6.07) is 9.97. The van der Waals surface area contributed by atoms with Crippen molar-refractivity contribution in [3.63, 3.8) is 0 Å². The van der Waals surface area contributed by atoms with Gasteiger partial charge in [-0.15, -0.1) is 0 Å². The third kappa shape index (κ3) is 14.1.